The van der Waals surface area contributed by atoms with Crippen molar-refractivity contribution in [3.63, 3.8) is 0 Å². The molecule has 0 saturated heterocycles. The van der Waals surface area contributed by atoms with Crippen molar-refractivity contribution in [3.8, 4) is 10.4 Å². The predicted octanol–water partition coefficient (Wildman–Crippen LogP) is 3.62. The number of thioether (sulfide) groups is 1. The van der Waals surface area contributed by atoms with Crippen LogP contribution in [-0.4, -0.2) is 41.5 Å². The number of amides is 1. The number of carbonyl (C=O) groups excluding carboxylic acids is 1. The van der Waals surface area contributed by atoms with E-state index in [0.29, 0.717) is 35.1 Å². The molecule has 0 saturated carbocycles. The first-order chi connectivity index (χ1) is 13.7. The number of carbonyl (C=O) groups is 1. The van der Waals surface area contributed by atoms with Gasteiger partial charge in [0.05, 0.1) is 11.1 Å². The van der Waals surface area contributed by atoms with Crippen LogP contribution in [0.15, 0.2) is 45.5 Å². The van der Waals surface area contributed by atoms with Crippen molar-refractivity contribution in [2.45, 2.75) is 18.1 Å². The van der Waals surface area contributed by atoms with Crippen LogP contribution < -0.4 is 10.9 Å². The molecule has 0 atom stereocenters. The Morgan fingerprint density at radius 1 is 1.46 bits per heavy atom. The van der Waals surface area contributed by atoms with Crippen LogP contribution in [0.3, 0.4) is 0 Å². The van der Waals surface area contributed by atoms with Crippen LogP contribution in [0.25, 0.3) is 20.7 Å². The summed E-state index contributed by atoms with van der Waals surface area (Å²) in [6, 6.07) is 3.97. The molecule has 1 amide bonds. The Bertz CT molecular complexity index is 1010. The Kier molecular flexibility index (Phi) is 7.43. The first kappa shape index (κ1) is 20.8. The summed E-state index contributed by atoms with van der Waals surface area (Å²) in [5.74, 6) is 0.108. The maximum Gasteiger partial charge on any atom is 0.263 e. The zero-order valence-electron chi connectivity index (χ0n) is 15.5. The zero-order chi connectivity index (χ0) is 19.9. The fourth-order valence-electron chi connectivity index (χ4n) is 2.64. The molecule has 0 spiro atoms. The number of allylic oxidation sites excluding steroid dienone is 1. The number of aromatic nitrogens is 2. The van der Waals surface area contributed by atoms with Crippen molar-refractivity contribution in [2.24, 2.45) is 0 Å². The van der Waals surface area contributed by atoms with Gasteiger partial charge in [0.15, 0.2) is 5.16 Å². The van der Waals surface area contributed by atoms with Gasteiger partial charge >= 0.3 is 0 Å². The molecule has 0 fully saturated rings. The summed E-state index contributed by atoms with van der Waals surface area (Å²) in [7, 11) is 1.63. The SMILES string of the molecule is C=CCn1c(SCC(=O)NCCCOC)nc2scc(-c3cccs3)c2c1=O. The summed E-state index contributed by atoms with van der Waals surface area (Å²) < 4.78 is 6.55. The highest BCUT2D eigenvalue weighted by atomic mass is 32.2. The number of thiophene rings is 2. The molecule has 3 aromatic heterocycles. The molecule has 0 aromatic carbocycles. The summed E-state index contributed by atoms with van der Waals surface area (Å²) in [4.78, 5) is 31.6. The Morgan fingerprint density at radius 2 is 2.32 bits per heavy atom. The molecule has 28 heavy (non-hydrogen) atoms. The standard InChI is InChI=1S/C19H21N3O3S3/c1-3-8-22-18(24)16-13(14-6-4-10-26-14)11-27-17(16)21-19(22)28-12-15(23)20-7-5-9-25-2/h3-4,6,10-11H,1,5,7-9,12H2,2H3,(H,20,23). The molecule has 3 rings (SSSR count). The van der Waals surface area contributed by atoms with Crippen LogP contribution >= 0.6 is 34.4 Å². The number of hydrogen-bond acceptors (Lipinski definition) is 7. The molecule has 148 valence electrons. The molecule has 1 N–H and O–H groups in total. The average Bonchev–Trinajstić information content (AvgIpc) is 3.35. The Morgan fingerprint density at radius 3 is 3.04 bits per heavy atom. The highest BCUT2D eigenvalue weighted by Gasteiger charge is 2.18. The van der Waals surface area contributed by atoms with Crippen molar-refractivity contribution in [3.05, 3.63) is 45.9 Å². The lowest BCUT2D eigenvalue weighted by atomic mass is 10.2. The van der Waals surface area contributed by atoms with E-state index in [2.05, 4.69) is 16.9 Å². The monoisotopic (exact) mass is 435 g/mol. The van der Waals surface area contributed by atoms with E-state index < -0.39 is 0 Å². The molecule has 0 aliphatic carbocycles. The predicted molar refractivity (Wildman–Crippen MR) is 118 cm³/mol. The number of methoxy groups -OCH3 is 1. The lowest BCUT2D eigenvalue weighted by Crippen LogP contribution is -2.28. The molecule has 0 aliphatic heterocycles. The zero-order valence-corrected chi connectivity index (χ0v) is 17.9. The van der Waals surface area contributed by atoms with Gasteiger partial charge in [-0.25, -0.2) is 4.98 Å². The van der Waals surface area contributed by atoms with Crippen molar-refractivity contribution >= 4 is 50.6 Å². The average molecular weight is 436 g/mol. The van der Waals surface area contributed by atoms with E-state index in [0.717, 1.165) is 16.9 Å². The third kappa shape index (κ3) is 4.72. The normalized spacial score (nSPS) is 11.0. The van der Waals surface area contributed by atoms with Crippen LogP contribution in [-0.2, 0) is 16.1 Å². The fraction of sp³-hybridized carbons (Fsp3) is 0.316. The van der Waals surface area contributed by atoms with Crippen LogP contribution in [0.5, 0.6) is 0 Å². The van der Waals surface area contributed by atoms with Gasteiger partial charge in [0.25, 0.3) is 5.56 Å². The Hall–Kier alpha value is -1.94. The van der Waals surface area contributed by atoms with Crippen LogP contribution in [0, 0.1) is 0 Å². The molecular weight excluding hydrogens is 414 g/mol. The second kappa shape index (κ2) is 10.0. The molecule has 9 heteroatoms. The lowest BCUT2D eigenvalue weighted by Gasteiger charge is -2.10. The molecular formula is C19H21N3O3S3. The number of fused-ring (bicyclic) bond motifs is 1. The van der Waals surface area contributed by atoms with Gasteiger partial charge in [0.1, 0.15) is 4.83 Å². The van der Waals surface area contributed by atoms with E-state index in [-0.39, 0.29) is 17.2 Å². The number of rotatable bonds is 10. The van der Waals surface area contributed by atoms with E-state index in [1.54, 1.807) is 29.1 Å². The summed E-state index contributed by atoms with van der Waals surface area (Å²) >= 11 is 4.31. The third-order valence-electron chi connectivity index (χ3n) is 3.94. The molecule has 0 aliphatic rings. The maximum atomic E-state index is 13.2. The molecule has 3 heterocycles. The van der Waals surface area contributed by atoms with Crippen molar-refractivity contribution < 1.29 is 9.53 Å². The number of ether oxygens (including phenoxy) is 1. The molecule has 3 aromatic rings. The number of nitrogens with one attached hydrogen (secondary N) is 1. The van der Waals surface area contributed by atoms with E-state index in [4.69, 9.17) is 4.74 Å². The highest BCUT2D eigenvalue weighted by molar-refractivity contribution is 7.99. The van der Waals surface area contributed by atoms with E-state index >= 15 is 0 Å². The second-order valence-corrected chi connectivity index (χ2v) is 8.64. The van der Waals surface area contributed by atoms with E-state index in [9.17, 15) is 9.59 Å². The van der Waals surface area contributed by atoms with E-state index in [1.807, 2.05) is 22.9 Å². The van der Waals surface area contributed by atoms with Crippen LogP contribution in [0.1, 0.15) is 6.42 Å². The second-order valence-electron chi connectivity index (χ2n) is 5.89. The minimum atomic E-state index is -0.0995. The smallest absolute Gasteiger partial charge is 0.263 e. The first-order valence-corrected chi connectivity index (χ1v) is 11.5. The van der Waals surface area contributed by atoms with Gasteiger partial charge in [0, 0.05) is 42.6 Å². The van der Waals surface area contributed by atoms with Gasteiger partial charge in [-0.3, -0.25) is 14.2 Å². The van der Waals surface area contributed by atoms with Gasteiger partial charge in [-0.1, -0.05) is 23.9 Å². The topological polar surface area (TPSA) is 73.2 Å². The van der Waals surface area contributed by atoms with Crippen LogP contribution in [0.4, 0.5) is 0 Å². The number of hydrogen-bond donors (Lipinski definition) is 1. The van der Waals surface area contributed by atoms with Crippen molar-refractivity contribution in [1.29, 1.82) is 0 Å². The van der Waals surface area contributed by atoms with Gasteiger partial charge in [-0.05, 0) is 17.9 Å². The molecule has 0 unspecified atom stereocenters. The minimum absolute atomic E-state index is 0.0916. The summed E-state index contributed by atoms with van der Waals surface area (Å²) in [5.41, 5.74) is 0.815. The number of nitrogens with zero attached hydrogens (tertiary/aromatic N) is 2. The largest absolute Gasteiger partial charge is 0.385 e. The molecule has 6 nitrogen and oxygen atoms in total. The lowest BCUT2D eigenvalue weighted by molar-refractivity contribution is -0.118. The Balaban J connectivity index is 1.84. The highest BCUT2D eigenvalue weighted by Crippen LogP contribution is 2.34. The quantitative estimate of drug-likeness (QED) is 0.228. The maximum absolute atomic E-state index is 13.2. The van der Waals surface area contributed by atoms with E-state index in [1.165, 1.54) is 23.1 Å². The van der Waals surface area contributed by atoms with Gasteiger partial charge < -0.3 is 10.1 Å². The van der Waals surface area contributed by atoms with Crippen molar-refractivity contribution in [2.75, 3.05) is 26.0 Å². The minimum Gasteiger partial charge on any atom is -0.385 e. The molecule has 0 radical (unpaired) electrons. The summed E-state index contributed by atoms with van der Waals surface area (Å²) in [6.07, 6.45) is 2.43. The van der Waals surface area contributed by atoms with Gasteiger partial charge in [0.2, 0.25) is 5.91 Å². The third-order valence-corrected chi connectivity index (χ3v) is 6.69. The van der Waals surface area contributed by atoms with Gasteiger partial charge in [-0.2, -0.15) is 0 Å². The Labute approximate surface area is 175 Å². The summed E-state index contributed by atoms with van der Waals surface area (Å²) in [6.45, 7) is 5.27. The fourth-order valence-corrected chi connectivity index (χ4v) is 5.29. The first-order valence-electron chi connectivity index (χ1n) is 8.71. The molecule has 0 bridgehead atoms. The van der Waals surface area contributed by atoms with Crippen LogP contribution in [0.2, 0.25) is 0 Å². The summed E-state index contributed by atoms with van der Waals surface area (Å²) in [5, 5.41) is 7.96. The van der Waals surface area contributed by atoms with Crippen molar-refractivity contribution in [1.82, 2.24) is 14.9 Å². The van der Waals surface area contributed by atoms with Gasteiger partial charge in [-0.15, -0.1) is 29.3 Å².